The summed E-state index contributed by atoms with van der Waals surface area (Å²) in [5, 5.41) is 9.72. The number of H-pyrrole nitrogens is 1. The van der Waals surface area contributed by atoms with Crippen molar-refractivity contribution in [3.8, 4) is 5.75 Å². The van der Waals surface area contributed by atoms with Crippen LogP contribution in [-0.2, 0) is 24.4 Å². The number of aryl methyl sites for hydroxylation is 1. The molecule has 7 heteroatoms. The number of nitrogens with zero attached hydrogens (tertiary/aromatic N) is 2. The van der Waals surface area contributed by atoms with E-state index in [4.69, 9.17) is 4.74 Å². The van der Waals surface area contributed by atoms with Gasteiger partial charge in [0.25, 0.3) is 11.8 Å². The summed E-state index contributed by atoms with van der Waals surface area (Å²) in [6.07, 6.45) is 1.70. The maximum atomic E-state index is 12.6. The Hall–Kier alpha value is -3.61. The lowest BCUT2D eigenvalue weighted by Gasteiger charge is -2.20. The van der Waals surface area contributed by atoms with Crippen molar-refractivity contribution in [1.29, 1.82) is 0 Å². The fraction of sp³-hybridized carbons (Fsp3) is 0.227. The second kappa shape index (κ2) is 8.18. The third-order valence-corrected chi connectivity index (χ3v) is 4.98. The minimum Gasteiger partial charge on any atom is -0.483 e. The van der Waals surface area contributed by atoms with Crippen molar-refractivity contribution in [2.45, 2.75) is 26.6 Å². The second-order valence-electron chi connectivity index (χ2n) is 7.05. The highest BCUT2D eigenvalue weighted by Crippen LogP contribution is 2.26. The van der Waals surface area contributed by atoms with Crippen molar-refractivity contribution in [3.63, 3.8) is 0 Å². The van der Waals surface area contributed by atoms with E-state index >= 15 is 0 Å². The van der Waals surface area contributed by atoms with Gasteiger partial charge in [0.1, 0.15) is 5.75 Å². The van der Waals surface area contributed by atoms with Gasteiger partial charge in [-0.3, -0.25) is 14.7 Å². The Morgan fingerprint density at radius 2 is 2.07 bits per heavy atom. The smallest absolute Gasteiger partial charge is 0.261 e. The predicted octanol–water partition coefficient (Wildman–Crippen LogP) is 2.57. The minimum atomic E-state index is -0.182. The van der Waals surface area contributed by atoms with E-state index < -0.39 is 0 Å². The Labute approximate surface area is 168 Å². The molecule has 0 radical (unpaired) electrons. The normalized spacial score (nSPS) is 13.4. The van der Waals surface area contributed by atoms with Gasteiger partial charge in [-0.1, -0.05) is 30.3 Å². The van der Waals surface area contributed by atoms with Crippen LogP contribution in [0.1, 0.15) is 32.7 Å². The van der Waals surface area contributed by atoms with Crippen LogP contribution >= 0.6 is 0 Å². The molecule has 1 aliphatic rings. The lowest BCUT2D eigenvalue weighted by Crippen LogP contribution is -2.31. The summed E-state index contributed by atoms with van der Waals surface area (Å²) in [4.78, 5) is 26.8. The first-order chi connectivity index (χ1) is 14.1. The number of nitrogens with one attached hydrogen (secondary N) is 2. The zero-order valence-corrected chi connectivity index (χ0v) is 16.1. The van der Waals surface area contributed by atoms with Gasteiger partial charge in [0.2, 0.25) is 0 Å². The number of benzene rings is 2. The first kappa shape index (κ1) is 18.7. The maximum Gasteiger partial charge on any atom is 0.261 e. The molecule has 0 unspecified atom stereocenters. The zero-order chi connectivity index (χ0) is 20.2. The molecule has 2 N–H and O–H groups in total. The number of amides is 2. The molecule has 0 bridgehead atoms. The standard InChI is InChI=1S/C22H22N4O3/c1-15-19(11-24-25-15)10-23-22(28)17-7-8-20-18(9-17)13-26(21(27)14-29-20)12-16-5-3-2-4-6-16/h2-9,11H,10,12-14H2,1H3,(H,23,28)(H,24,25). The second-order valence-corrected chi connectivity index (χ2v) is 7.05. The first-order valence-electron chi connectivity index (χ1n) is 9.44. The third-order valence-electron chi connectivity index (χ3n) is 4.98. The van der Waals surface area contributed by atoms with Gasteiger partial charge in [-0.2, -0.15) is 5.10 Å². The molecule has 2 amide bonds. The Kier molecular flexibility index (Phi) is 5.29. The fourth-order valence-electron chi connectivity index (χ4n) is 3.29. The Morgan fingerprint density at radius 1 is 1.24 bits per heavy atom. The molecule has 0 saturated carbocycles. The van der Waals surface area contributed by atoms with E-state index in [-0.39, 0.29) is 18.4 Å². The highest BCUT2D eigenvalue weighted by atomic mass is 16.5. The molecule has 0 atom stereocenters. The van der Waals surface area contributed by atoms with Crippen molar-refractivity contribution < 1.29 is 14.3 Å². The molecule has 29 heavy (non-hydrogen) atoms. The van der Waals surface area contributed by atoms with E-state index in [2.05, 4.69) is 15.5 Å². The van der Waals surface area contributed by atoms with Crippen molar-refractivity contribution in [1.82, 2.24) is 20.4 Å². The molecule has 0 fully saturated rings. The molecule has 2 heterocycles. The lowest BCUT2D eigenvalue weighted by molar-refractivity contribution is -0.133. The minimum absolute atomic E-state index is 0.00879. The van der Waals surface area contributed by atoms with Gasteiger partial charge >= 0.3 is 0 Å². The summed E-state index contributed by atoms with van der Waals surface area (Å²) < 4.78 is 5.66. The van der Waals surface area contributed by atoms with Crippen molar-refractivity contribution in [3.05, 3.63) is 82.7 Å². The highest BCUT2D eigenvalue weighted by molar-refractivity contribution is 5.94. The molecule has 7 nitrogen and oxygen atoms in total. The Bertz CT molecular complexity index is 1030. The van der Waals surface area contributed by atoms with Gasteiger partial charge < -0.3 is 15.0 Å². The van der Waals surface area contributed by atoms with Crippen LogP contribution in [0.5, 0.6) is 5.75 Å². The van der Waals surface area contributed by atoms with Crippen LogP contribution in [0.4, 0.5) is 0 Å². The predicted molar refractivity (Wildman–Crippen MR) is 107 cm³/mol. The van der Waals surface area contributed by atoms with Crippen molar-refractivity contribution in [2.24, 2.45) is 0 Å². The van der Waals surface area contributed by atoms with E-state index in [1.807, 2.05) is 37.3 Å². The fourth-order valence-corrected chi connectivity index (χ4v) is 3.29. The third kappa shape index (κ3) is 4.29. The number of aromatic amines is 1. The number of carbonyl (C=O) groups is 2. The quantitative estimate of drug-likeness (QED) is 0.701. The van der Waals surface area contributed by atoms with Crippen LogP contribution in [-0.4, -0.2) is 33.5 Å². The summed E-state index contributed by atoms with van der Waals surface area (Å²) in [6, 6.07) is 15.1. The number of aromatic nitrogens is 2. The Morgan fingerprint density at radius 3 is 2.83 bits per heavy atom. The van der Waals surface area contributed by atoms with E-state index in [1.165, 1.54) is 0 Å². The number of hydrogen-bond donors (Lipinski definition) is 2. The SMILES string of the molecule is Cc1[nH]ncc1CNC(=O)c1ccc2c(c1)CN(Cc1ccccc1)C(=O)CO2. The summed E-state index contributed by atoms with van der Waals surface area (Å²) in [5.41, 5.74) is 4.27. The number of carbonyl (C=O) groups excluding carboxylic acids is 2. The van der Waals surface area contributed by atoms with Gasteiger partial charge in [0.05, 0.1) is 6.20 Å². The van der Waals surface area contributed by atoms with Crippen molar-refractivity contribution >= 4 is 11.8 Å². The lowest BCUT2D eigenvalue weighted by atomic mass is 10.1. The van der Waals surface area contributed by atoms with Crippen LogP contribution in [0.15, 0.2) is 54.7 Å². The zero-order valence-electron chi connectivity index (χ0n) is 16.1. The van der Waals surface area contributed by atoms with E-state index in [1.54, 1.807) is 29.3 Å². The number of ether oxygens (including phenoxy) is 1. The van der Waals surface area contributed by atoms with Gasteiger partial charge in [-0.15, -0.1) is 0 Å². The topological polar surface area (TPSA) is 87.3 Å². The summed E-state index contributed by atoms with van der Waals surface area (Å²) in [6.45, 7) is 3.19. The van der Waals surface area contributed by atoms with Crippen LogP contribution in [0.2, 0.25) is 0 Å². The van der Waals surface area contributed by atoms with Crippen molar-refractivity contribution in [2.75, 3.05) is 6.61 Å². The molecule has 1 aromatic heterocycles. The van der Waals surface area contributed by atoms with E-state index in [0.717, 1.165) is 22.4 Å². The van der Waals surface area contributed by atoms with E-state index in [0.29, 0.717) is 30.9 Å². The van der Waals surface area contributed by atoms with Gasteiger partial charge in [0.15, 0.2) is 6.61 Å². The Balaban J connectivity index is 1.49. The van der Waals surface area contributed by atoms with Gasteiger partial charge in [0, 0.05) is 42.0 Å². The highest BCUT2D eigenvalue weighted by Gasteiger charge is 2.22. The van der Waals surface area contributed by atoms with Crippen LogP contribution in [0, 0.1) is 6.92 Å². The summed E-state index contributed by atoms with van der Waals surface area (Å²) in [7, 11) is 0. The molecule has 0 spiro atoms. The molecule has 4 rings (SSSR count). The van der Waals surface area contributed by atoms with Crippen LogP contribution in [0.25, 0.3) is 0 Å². The maximum absolute atomic E-state index is 12.6. The summed E-state index contributed by atoms with van der Waals surface area (Å²) >= 11 is 0. The van der Waals surface area contributed by atoms with E-state index in [9.17, 15) is 9.59 Å². The number of rotatable bonds is 5. The van der Waals surface area contributed by atoms with Crippen LogP contribution < -0.4 is 10.1 Å². The average molecular weight is 390 g/mol. The number of fused-ring (bicyclic) bond motifs is 1. The molecule has 148 valence electrons. The van der Waals surface area contributed by atoms with Gasteiger partial charge in [-0.05, 0) is 30.7 Å². The molecule has 3 aromatic rings. The largest absolute Gasteiger partial charge is 0.483 e. The number of hydrogen-bond acceptors (Lipinski definition) is 4. The molecular formula is C22H22N4O3. The van der Waals surface area contributed by atoms with Crippen LogP contribution in [0.3, 0.4) is 0 Å². The molecule has 0 saturated heterocycles. The van der Waals surface area contributed by atoms with Gasteiger partial charge in [-0.25, -0.2) is 0 Å². The molecule has 1 aliphatic heterocycles. The monoisotopic (exact) mass is 390 g/mol. The summed E-state index contributed by atoms with van der Waals surface area (Å²) in [5.74, 6) is 0.376. The molecular weight excluding hydrogens is 368 g/mol. The first-order valence-corrected chi connectivity index (χ1v) is 9.44. The molecule has 0 aliphatic carbocycles. The molecule has 2 aromatic carbocycles. The average Bonchev–Trinajstić information content (AvgIpc) is 3.08.